The zero-order chi connectivity index (χ0) is 12.2. The summed E-state index contributed by atoms with van der Waals surface area (Å²) in [4.78, 5) is 9.04. The lowest BCUT2D eigenvalue weighted by Crippen LogP contribution is -2.21. The van der Waals surface area contributed by atoms with Gasteiger partial charge in [-0.25, -0.2) is 9.97 Å². The highest BCUT2D eigenvalue weighted by Crippen LogP contribution is 2.38. The van der Waals surface area contributed by atoms with E-state index in [2.05, 4.69) is 15.3 Å². The van der Waals surface area contributed by atoms with Gasteiger partial charge in [0.1, 0.15) is 11.6 Å². The summed E-state index contributed by atoms with van der Waals surface area (Å²) < 4.78 is 0. The Balaban J connectivity index is 1.61. The van der Waals surface area contributed by atoms with Crippen LogP contribution in [0.3, 0.4) is 0 Å². The molecule has 0 atom stereocenters. The van der Waals surface area contributed by atoms with Crippen molar-refractivity contribution in [3.05, 3.63) is 18.1 Å². The Bertz CT molecular complexity index is 379. The van der Waals surface area contributed by atoms with Crippen LogP contribution >= 0.6 is 0 Å². The lowest BCUT2D eigenvalue weighted by molar-refractivity contribution is 0.470. The number of aromatic nitrogens is 2. The second kappa shape index (κ2) is 5.68. The fourth-order valence-corrected chi connectivity index (χ4v) is 2.80. The smallest absolute Gasteiger partial charge is 0.133 e. The molecule has 0 saturated heterocycles. The summed E-state index contributed by atoms with van der Waals surface area (Å²) >= 11 is 0. The van der Waals surface area contributed by atoms with Crippen LogP contribution in [0.2, 0.25) is 0 Å². The molecule has 0 radical (unpaired) electrons. The molecule has 1 aromatic rings. The summed E-state index contributed by atoms with van der Waals surface area (Å²) in [5.74, 6) is 2.73. The van der Waals surface area contributed by atoms with Gasteiger partial charge in [-0.2, -0.15) is 0 Å². The Morgan fingerprint density at radius 2 is 1.67 bits per heavy atom. The van der Waals surface area contributed by atoms with E-state index >= 15 is 0 Å². The van der Waals surface area contributed by atoms with Crippen molar-refractivity contribution in [2.24, 2.45) is 0 Å². The predicted molar refractivity (Wildman–Crippen MR) is 73.7 cm³/mol. The van der Waals surface area contributed by atoms with Crippen molar-refractivity contribution < 1.29 is 0 Å². The van der Waals surface area contributed by atoms with Gasteiger partial charge >= 0.3 is 0 Å². The maximum atomic E-state index is 4.66. The van der Waals surface area contributed by atoms with Crippen molar-refractivity contribution in [2.45, 2.75) is 69.7 Å². The van der Waals surface area contributed by atoms with Crippen LogP contribution in [0.25, 0.3) is 0 Å². The van der Waals surface area contributed by atoms with Crippen LogP contribution in [-0.2, 0) is 0 Å². The Hall–Kier alpha value is -1.12. The Labute approximate surface area is 109 Å². The third-order valence-electron chi connectivity index (χ3n) is 4.07. The summed E-state index contributed by atoms with van der Waals surface area (Å²) in [5, 5.41) is 3.62. The average molecular weight is 245 g/mol. The average Bonchev–Trinajstić information content (AvgIpc) is 3.17. The maximum absolute atomic E-state index is 4.66. The Kier molecular flexibility index (Phi) is 3.77. The molecule has 0 aromatic carbocycles. The minimum atomic E-state index is 0.618. The third-order valence-corrected chi connectivity index (χ3v) is 4.07. The second-order valence-corrected chi connectivity index (χ2v) is 5.76. The minimum Gasteiger partial charge on any atom is -0.367 e. The summed E-state index contributed by atoms with van der Waals surface area (Å²) in [6.07, 6.45) is 14.0. The van der Waals surface area contributed by atoms with Gasteiger partial charge in [0.05, 0.1) is 0 Å². The van der Waals surface area contributed by atoms with E-state index in [4.69, 9.17) is 0 Å². The topological polar surface area (TPSA) is 37.8 Å². The lowest BCUT2D eigenvalue weighted by Gasteiger charge is -2.21. The molecule has 0 unspecified atom stereocenters. The van der Waals surface area contributed by atoms with Gasteiger partial charge in [0.2, 0.25) is 0 Å². The minimum absolute atomic E-state index is 0.618. The molecule has 0 aliphatic heterocycles. The molecule has 2 aliphatic carbocycles. The van der Waals surface area contributed by atoms with Crippen LogP contribution in [0, 0.1) is 0 Å². The van der Waals surface area contributed by atoms with Crippen LogP contribution in [-0.4, -0.2) is 16.0 Å². The molecule has 3 rings (SSSR count). The van der Waals surface area contributed by atoms with Crippen molar-refractivity contribution >= 4 is 5.82 Å². The largest absolute Gasteiger partial charge is 0.367 e. The number of rotatable bonds is 3. The van der Waals surface area contributed by atoms with E-state index in [1.54, 1.807) is 0 Å². The standard InChI is InChI=1S/C15H23N3/c1-2-4-6-13(7-5-3-1)17-14-10-11-16-15(18-14)12-8-9-12/h10-13H,1-9H2,(H,16,17,18). The normalized spacial score (nSPS) is 22.2. The van der Waals surface area contributed by atoms with Crippen LogP contribution in [0.5, 0.6) is 0 Å². The van der Waals surface area contributed by atoms with Gasteiger partial charge < -0.3 is 5.32 Å². The number of anilines is 1. The summed E-state index contributed by atoms with van der Waals surface area (Å²) in [7, 11) is 0. The summed E-state index contributed by atoms with van der Waals surface area (Å²) in [6.45, 7) is 0. The summed E-state index contributed by atoms with van der Waals surface area (Å²) in [5.41, 5.74) is 0. The monoisotopic (exact) mass is 245 g/mol. The van der Waals surface area contributed by atoms with E-state index in [1.165, 1.54) is 57.8 Å². The van der Waals surface area contributed by atoms with Gasteiger partial charge in [-0.05, 0) is 31.7 Å². The molecule has 0 bridgehead atoms. The van der Waals surface area contributed by atoms with Crippen molar-refractivity contribution in [3.8, 4) is 0 Å². The van der Waals surface area contributed by atoms with Crippen LogP contribution in [0.4, 0.5) is 5.82 Å². The molecule has 3 heteroatoms. The number of hydrogen-bond donors (Lipinski definition) is 1. The van der Waals surface area contributed by atoms with Crippen molar-refractivity contribution in [1.29, 1.82) is 0 Å². The first-order valence-corrected chi connectivity index (χ1v) is 7.51. The quantitative estimate of drug-likeness (QED) is 0.878. The number of nitrogens with one attached hydrogen (secondary N) is 1. The highest BCUT2D eigenvalue weighted by molar-refractivity contribution is 5.35. The Morgan fingerprint density at radius 3 is 2.39 bits per heavy atom. The van der Waals surface area contributed by atoms with Crippen LogP contribution in [0.15, 0.2) is 12.3 Å². The fraction of sp³-hybridized carbons (Fsp3) is 0.733. The zero-order valence-corrected chi connectivity index (χ0v) is 11.1. The maximum Gasteiger partial charge on any atom is 0.133 e. The molecule has 3 nitrogen and oxygen atoms in total. The van der Waals surface area contributed by atoms with E-state index in [1.807, 2.05) is 12.3 Å². The van der Waals surface area contributed by atoms with Crippen molar-refractivity contribution in [3.63, 3.8) is 0 Å². The molecule has 2 saturated carbocycles. The molecule has 0 spiro atoms. The highest BCUT2D eigenvalue weighted by Gasteiger charge is 2.26. The molecule has 98 valence electrons. The predicted octanol–water partition coefficient (Wildman–Crippen LogP) is 3.88. The van der Waals surface area contributed by atoms with E-state index in [0.29, 0.717) is 12.0 Å². The SMILES string of the molecule is c1cc(NC2CCCCCCC2)nc(C2CC2)n1. The molecule has 1 aromatic heterocycles. The van der Waals surface area contributed by atoms with Gasteiger partial charge in [-0.1, -0.05) is 32.1 Å². The van der Waals surface area contributed by atoms with Crippen molar-refractivity contribution in [2.75, 3.05) is 5.32 Å². The molecule has 2 aliphatic rings. The van der Waals surface area contributed by atoms with E-state index in [0.717, 1.165) is 11.6 Å². The fourth-order valence-electron chi connectivity index (χ4n) is 2.80. The number of hydrogen-bond acceptors (Lipinski definition) is 3. The zero-order valence-electron chi connectivity index (χ0n) is 11.1. The second-order valence-electron chi connectivity index (χ2n) is 5.76. The molecule has 1 heterocycles. The van der Waals surface area contributed by atoms with Crippen LogP contribution in [0.1, 0.15) is 69.5 Å². The molecule has 1 N–H and O–H groups in total. The van der Waals surface area contributed by atoms with Crippen molar-refractivity contribution in [1.82, 2.24) is 9.97 Å². The molecular formula is C15H23N3. The van der Waals surface area contributed by atoms with E-state index < -0.39 is 0 Å². The molecule has 0 amide bonds. The van der Waals surface area contributed by atoms with Gasteiger partial charge in [0, 0.05) is 18.2 Å². The lowest BCUT2D eigenvalue weighted by atomic mass is 9.97. The van der Waals surface area contributed by atoms with E-state index in [-0.39, 0.29) is 0 Å². The van der Waals surface area contributed by atoms with E-state index in [9.17, 15) is 0 Å². The van der Waals surface area contributed by atoms with Gasteiger partial charge in [-0.3, -0.25) is 0 Å². The molecule has 18 heavy (non-hydrogen) atoms. The number of nitrogens with zero attached hydrogens (tertiary/aromatic N) is 2. The van der Waals surface area contributed by atoms with Gasteiger partial charge in [-0.15, -0.1) is 0 Å². The summed E-state index contributed by atoms with van der Waals surface area (Å²) in [6, 6.07) is 2.64. The first-order valence-electron chi connectivity index (χ1n) is 7.51. The highest BCUT2D eigenvalue weighted by atomic mass is 15.0. The first kappa shape index (κ1) is 11.9. The third kappa shape index (κ3) is 3.21. The van der Waals surface area contributed by atoms with Crippen LogP contribution < -0.4 is 5.32 Å². The van der Waals surface area contributed by atoms with Gasteiger partial charge in [0.15, 0.2) is 0 Å². The molecular weight excluding hydrogens is 222 g/mol. The van der Waals surface area contributed by atoms with Gasteiger partial charge in [0.25, 0.3) is 0 Å². The Morgan fingerprint density at radius 1 is 0.944 bits per heavy atom. The molecule has 2 fully saturated rings. The first-order chi connectivity index (χ1) is 8.92.